The third-order valence-electron chi connectivity index (χ3n) is 8.35. The first-order valence-electron chi connectivity index (χ1n) is 15.1. The summed E-state index contributed by atoms with van der Waals surface area (Å²) >= 11 is 7.10. The van der Waals surface area contributed by atoms with Crippen LogP contribution in [0.4, 0.5) is 20.2 Å². The Hall–Kier alpha value is -4.62. The Morgan fingerprint density at radius 2 is 1.55 bits per heavy atom. The highest BCUT2D eigenvalue weighted by atomic mass is 79.9. The SMILES string of the molecule is CCc1nc2cc(F)ccc2n1C1(n2c(C3CC3)nc3c(F)cccc32)N=C(N)NC(N(c2ccc(Br)cc2)c2ccc(Br)cc2)=N1. The Bertz CT molecular complexity index is 2190. The summed E-state index contributed by atoms with van der Waals surface area (Å²) in [6.45, 7) is 1.96. The lowest BCUT2D eigenvalue weighted by Gasteiger charge is -2.38. The van der Waals surface area contributed by atoms with Crippen molar-refractivity contribution in [2.75, 3.05) is 4.90 Å². The predicted octanol–water partition coefficient (Wildman–Crippen LogP) is 7.86. The Labute approximate surface area is 285 Å². The second-order valence-corrected chi connectivity index (χ2v) is 13.3. The molecule has 1 fully saturated rings. The third kappa shape index (κ3) is 4.99. The normalized spacial score (nSPS) is 17.9. The minimum atomic E-state index is -1.70. The molecule has 0 amide bonds. The molecule has 1 atom stereocenters. The number of hydrogen-bond acceptors (Lipinski definition) is 7. The van der Waals surface area contributed by atoms with Gasteiger partial charge < -0.3 is 5.73 Å². The van der Waals surface area contributed by atoms with Crippen molar-refractivity contribution in [1.82, 2.24) is 24.4 Å². The van der Waals surface area contributed by atoms with E-state index in [9.17, 15) is 4.39 Å². The van der Waals surface area contributed by atoms with Crippen molar-refractivity contribution < 1.29 is 8.78 Å². The summed E-state index contributed by atoms with van der Waals surface area (Å²) in [5.74, 6) is -0.854. The standard InChI is InChI=1S/C34H27Br2F2N9/c1-2-29-40-26-18-22(37)12-17-27(26)46(29)34(47-28-5-3-4-25(38)30(28)41-31(47)19-6-7-19)43-32(39)42-33(44-34)45(23-13-8-20(35)9-14-23)24-15-10-21(36)11-16-24/h3-5,8-19H,2,6-7H2,1H3,(H3,39,42,43,44). The van der Waals surface area contributed by atoms with E-state index in [1.165, 1.54) is 18.2 Å². The average Bonchev–Trinajstić information content (AvgIpc) is 3.72. The fourth-order valence-corrected chi connectivity index (χ4v) is 6.70. The van der Waals surface area contributed by atoms with Gasteiger partial charge in [-0.25, -0.2) is 18.7 Å². The topological polar surface area (TPSA) is 102 Å². The van der Waals surface area contributed by atoms with E-state index >= 15 is 4.39 Å². The molecule has 0 bridgehead atoms. The summed E-state index contributed by atoms with van der Waals surface area (Å²) in [4.78, 5) is 22.1. The van der Waals surface area contributed by atoms with Crippen LogP contribution in [-0.4, -0.2) is 31.0 Å². The minimum Gasteiger partial charge on any atom is -0.369 e. The highest BCUT2D eigenvalue weighted by Crippen LogP contribution is 2.46. The molecule has 1 unspecified atom stereocenters. The fraction of sp³-hybridized carbons (Fsp3) is 0.176. The van der Waals surface area contributed by atoms with Gasteiger partial charge in [0.2, 0.25) is 11.9 Å². The number of halogens is 4. The molecule has 47 heavy (non-hydrogen) atoms. The van der Waals surface area contributed by atoms with Crippen LogP contribution in [0.25, 0.3) is 22.1 Å². The number of anilines is 2. The first-order chi connectivity index (χ1) is 22.8. The van der Waals surface area contributed by atoms with E-state index in [0.717, 1.165) is 33.2 Å². The zero-order chi connectivity index (χ0) is 32.4. The van der Waals surface area contributed by atoms with Crippen molar-refractivity contribution in [3.05, 3.63) is 117 Å². The molecular formula is C34H27Br2F2N9. The van der Waals surface area contributed by atoms with Crippen LogP contribution in [0, 0.1) is 11.6 Å². The van der Waals surface area contributed by atoms with E-state index in [1.54, 1.807) is 12.1 Å². The van der Waals surface area contributed by atoms with Crippen LogP contribution in [-0.2, 0) is 12.3 Å². The van der Waals surface area contributed by atoms with Gasteiger partial charge in [0, 0.05) is 38.7 Å². The number of para-hydroxylation sites is 1. The van der Waals surface area contributed by atoms with Gasteiger partial charge in [0.15, 0.2) is 5.82 Å². The number of rotatable bonds is 6. The van der Waals surface area contributed by atoms with Gasteiger partial charge in [-0.3, -0.25) is 19.4 Å². The van der Waals surface area contributed by atoms with Gasteiger partial charge in [-0.15, -0.1) is 0 Å². The van der Waals surface area contributed by atoms with Crippen LogP contribution >= 0.6 is 31.9 Å². The van der Waals surface area contributed by atoms with Crippen molar-refractivity contribution in [3.8, 4) is 0 Å². The number of nitrogens with zero attached hydrogens (tertiary/aromatic N) is 7. The third-order valence-corrected chi connectivity index (χ3v) is 9.41. The Kier molecular flexibility index (Phi) is 7.14. The number of aliphatic imine (C=N–C) groups is 2. The average molecular weight is 759 g/mol. The monoisotopic (exact) mass is 757 g/mol. The molecule has 0 spiro atoms. The minimum absolute atomic E-state index is 0.0648. The lowest BCUT2D eigenvalue weighted by atomic mass is 10.2. The van der Waals surface area contributed by atoms with Gasteiger partial charge in [0.05, 0.1) is 16.6 Å². The lowest BCUT2D eigenvalue weighted by molar-refractivity contribution is 0.251. The number of nitrogens with two attached hydrogens (primary N) is 1. The zero-order valence-electron chi connectivity index (χ0n) is 25.0. The van der Waals surface area contributed by atoms with Crippen LogP contribution in [0.2, 0.25) is 0 Å². The summed E-state index contributed by atoms with van der Waals surface area (Å²) in [5, 5.41) is 3.22. The predicted molar refractivity (Wildman–Crippen MR) is 187 cm³/mol. The smallest absolute Gasteiger partial charge is 0.330 e. The van der Waals surface area contributed by atoms with Gasteiger partial charge in [0.25, 0.3) is 0 Å². The van der Waals surface area contributed by atoms with E-state index in [4.69, 9.17) is 25.7 Å². The Morgan fingerprint density at radius 1 is 0.872 bits per heavy atom. The molecule has 0 saturated heterocycles. The zero-order valence-corrected chi connectivity index (χ0v) is 28.2. The van der Waals surface area contributed by atoms with Gasteiger partial charge in [0.1, 0.15) is 23.0 Å². The molecule has 13 heteroatoms. The molecule has 6 aromatic rings. The van der Waals surface area contributed by atoms with Crippen LogP contribution in [0.5, 0.6) is 0 Å². The van der Waals surface area contributed by atoms with Crippen LogP contribution in [0.15, 0.2) is 104 Å². The number of nitrogens with one attached hydrogen (secondary N) is 1. The van der Waals surface area contributed by atoms with Crippen molar-refractivity contribution in [3.63, 3.8) is 0 Å². The van der Waals surface area contributed by atoms with Gasteiger partial charge >= 0.3 is 5.91 Å². The van der Waals surface area contributed by atoms with Crippen molar-refractivity contribution >= 4 is 77.2 Å². The molecule has 2 aliphatic rings. The Morgan fingerprint density at radius 3 is 2.19 bits per heavy atom. The maximum atomic E-state index is 15.5. The van der Waals surface area contributed by atoms with Crippen LogP contribution in [0.1, 0.15) is 37.3 Å². The highest BCUT2D eigenvalue weighted by Gasteiger charge is 2.47. The molecular weight excluding hydrogens is 732 g/mol. The van der Waals surface area contributed by atoms with Crippen molar-refractivity contribution in [1.29, 1.82) is 0 Å². The van der Waals surface area contributed by atoms with Gasteiger partial charge in [-0.05, 0) is 85.6 Å². The number of aromatic nitrogens is 4. The Balaban J connectivity index is 1.50. The molecule has 3 heterocycles. The second kappa shape index (κ2) is 11.3. The molecule has 4 aromatic carbocycles. The van der Waals surface area contributed by atoms with E-state index in [1.807, 2.05) is 75.6 Å². The molecule has 2 aromatic heterocycles. The molecule has 1 aliphatic heterocycles. The molecule has 0 radical (unpaired) electrons. The number of imidazole rings is 2. The van der Waals surface area contributed by atoms with Gasteiger partial charge in [-0.1, -0.05) is 44.8 Å². The molecule has 8 rings (SSSR count). The maximum absolute atomic E-state index is 15.5. The summed E-state index contributed by atoms with van der Waals surface area (Å²) in [7, 11) is 0. The van der Waals surface area contributed by atoms with E-state index in [-0.39, 0.29) is 17.4 Å². The number of hydrogen-bond donors (Lipinski definition) is 2. The van der Waals surface area contributed by atoms with Crippen LogP contribution in [0.3, 0.4) is 0 Å². The number of benzene rings is 4. The summed E-state index contributed by atoms with van der Waals surface area (Å²) < 4.78 is 35.6. The lowest BCUT2D eigenvalue weighted by Crippen LogP contribution is -2.55. The summed E-state index contributed by atoms with van der Waals surface area (Å²) in [5.41, 5.74) is 10.1. The van der Waals surface area contributed by atoms with E-state index in [2.05, 4.69) is 37.2 Å². The van der Waals surface area contributed by atoms with E-state index < -0.39 is 17.5 Å². The molecule has 1 saturated carbocycles. The number of fused-ring (bicyclic) bond motifs is 2. The largest absolute Gasteiger partial charge is 0.369 e. The van der Waals surface area contributed by atoms with Gasteiger partial charge in [-0.2, -0.15) is 9.98 Å². The first-order valence-corrected chi connectivity index (χ1v) is 16.7. The highest BCUT2D eigenvalue weighted by molar-refractivity contribution is 9.10. The first kappa shape index (κ1) is 29.8. The van der Waals surface area contributed by atoms with Crippen LogP contribution < -0.4 is 16.0 Å². The molecule has 3 N–H and O–H groups in total. The summed E-state index contributed by atoms with van der Waals surface area (Å²) in [6.07, 6.45) is 2.24. The molecule has 1 aliphatic carbocycles. The second-order valence-electron chi connectivity index (χ2n) is 11.5. The number of guanidine groups is 2. The maximum Gasteiger partial charge on any atom is 0.330 e. The molecule has 9 nitrogen and oxygen atoms in total. The van der Waals surface area contributed by atoms with Crippen molar-refractivity contribution in [2.45, 2.75) is 38.0 Å². The fourth-order valence-electron chi connectivity index (χ4n) is 6.17. The quantitative estimate of drug-likeness (QED) is 0.180. The van der Waals surface area contributed by atoms with E-state index in [0.29, 0.717) is 40.6 Å². The number of aryl methyl sites for hydroxylation is 1. The van der Waals surface area contributed by atoms with Crippen molar-refractivity contribution in [2.24, 2.45) is 15.7 Å². The molecule has 236 valence electrons. The summed E-state index contributed by atoms with van der Waals surface area (Å²) in [6, 6.07) is 24.9.